The Morgan fingerprint density at radius 1 is 1.14 bits per heavy atom. The lowest BCUT2D eigenvalue weighted by molar-refractivity contribution is -0.129. The van der Waals surface area contributed by atoms with Crippen LogP contribution in [0.5, 0.6) is 0 Å². The van der Waals surface area contributed by atoms with Crippen LogP contribution in [0.4, 0.5) is 0 Å². The number of rotatable bonds is 1. The number of nitrogens with one attached hydrogen (secondary N) is 1. The SMILES string of the molecule is C[C@]12C=CCN[C@@H]1CC[C@@H]1[C@@H]2CC[C@]2(C)[C@@H](C(N)=O)CC[C@@H]12. The van der Waals surface area contributed by atoms with Crippen LogP contribution >= 0.6 is 0 Å². The molecule has 4 rings (SSSR count). The Morgan fingerprint density at radius 3 is 2.73 bits per heavy atom. The standard InChI is InChI=1S/C19H30N2O/c1-18-10-8-14-12(13(18)5-6-15(18)17(20)22)4-7-16-19(14,2)9-3-11-21-16/h3,9,12-16,21H,4-8,10-11H2,1-2H3,(H2,20,22)/t12-,13-,14-,15+,16+,18-,19+/m0/s1. The van der Waals surface area contributed by atoms with Crippen LogP contribution in [-0.4, -0.2) is 18.5 Å². The molecule has 3 fully saturated rings. The molecule has 7 atom stereocenters. The van der Waals surface area contributed by atoms with Crippen LogP contribution in [0.3, 0.4) is 0 Å². The Bertz CT molecular complexity index is 516. The van der Waals surface area contributed by atoms with Gasteiger partial charge in [0.25, 0.3) is 0 Å². The third-order valence-corrected chi connectivity index (χ3v) is 8.08. The van der Waals surface area contributed by atoms with Crippen LogP contribution in [0.2, 0.25) is 0 Å². The van der Waals surface area contributed by atoms with E-state index in [4.69, 9.17) is 5.73 Å². The smallest absolute Gasteiger partial charge is 0.221 e. The number of primary amides is 1. The van der Waals surface area contributed by atoms with Gasteiger partial charge in [0.1, 0.15) is 0 Å². The quantitative estimate of drug-likeness (QED) is 0.732. The maximum absolute atomic E-state index is 11.9. The molecule has 3 aliphatic carbocycles. The van der Waals surface area contributed by atoms with Crippen molar-refractivity contribution in [2.75, 3.05) is 6.54 Å². The Morgan fingerprint density at radius 2 is 1.95 bits per heavy atom. The topological polar surface area (TPSA) is 55.1 Å². The van der Waals surface area contributed by atoms with E-state index in [9.17, 15) is 4.79 Å². The molecule has 3 heteroatoms. The Kier molecular flexibility index (Phi) is 3.24. The molecule has 1 amide bonds. The first-order chi connectivity index (χ1) is 10.5. The molecule has 22 heavy (non-hydrogen) atoms. The average Bonchev–Trinajstić information content (AvgIpc) is 2.84. The summed E-state index contributed by atoms with van der Waals surface area (Å²) < 4.78 is 0. The van der Waals surface area contributed by atoms with E-state index >= 15 is 0 Å². The van der Waals surface area contributed by atoms with Crippen LogP contribution in [0.25, 0.3) is 0 Å². The van der Waals surface area contributed by atoms with Gasteiger partial charge in [0, 0.05) is 23.9 Å². The van der Waals surface area contributed by atoms with E-state index < -0.39 is 0 Å². The van der Waals surface area contributed by atoms with Gasteiger partial charge < -0.3 is 11.1 Å². The first-order valence-electron chi connectivity index (χ1n) is 9.17. The largest absolute Gasteiger partial charge is 0.369 e. The fraction of sp³-hybridized carbons (Fsp3) is 0.842. The van der Waals surface area contributed by atoms with Crippen molar-refractivity contribution in [3.63, 3.8) is 0 Å². The van der Waals surface area contributed by atoms with Gasteiger partial charge in [0.15, 0.2) is 0 Å². The summed E-state index contributed by atoms with van der Waals surface area (Å²) >= 11 is 0. The number of amides is 1. The molecule has 0 unspecified atom stereocenters. The first-order valence-corrected chi connectivity index (χ1v) is 9.17. The van der Waals surface area contributed by atoms with Gasteiger partial charge in [0.05, 0.1) is 0 Å². The van der Waals surface area contributed by atoms with Crippen LogP contribution in [0.1, 0.15) is 52.4 Å². The Labute approximate surface area is 134 Å². The molecule has 122 valence electrons. The first kappa shape index (κ1) is 14.7. The molecule has 0 spiro atoms. The van der Waals surface area contributed by atoms with Gasteiger partial charge in [-0.3, -0.25) is 4.79 Å². The second kappa shape index (κ2) is 4.83. The van der Waals surface area contributed by atoms with E-state index in [2.05, 4.69) is 31.3 Å². The lowest BCUT2D eigenvalue weighted by atomic mass is 9.48. The number of carbonyl (C=O) groups is 1. The van der Waals surface area contributed by atoms with Gasteiger partial charge >= 0.3 is 0 Å². The third-order valence-electron chi connectivity index (χ3n) is 8.08. The second-order valence-electron chi connectivity index (χ2n) is 8.76. The summed E-state index contributed by atoms with van der Waals surface area (Å²) in [7, 11) is 0. The van der Waals surface area contributed by atoms with Crippen LogP contribution in [-0.2, 0) is 4.79 Å². The summed E-state index contributed by atoms with van der Waals surface area (Å²) in [5.41, 5.74) is 6.21. The van der Waals surface area contributed by atoms with Crippen LogP contribution < -0.4 is 11.1 Å². The monoisotopic (exact) mass is 302 g/mol. The average molecular weight is 302 g/mol. The van der Waals surface area contributed by atoms with Crippen molar-refractivity contribution in [3.05, 3.63) is 12.2 Å². The van der Waals surface area contributed by atoms with Crippen molar-refractivity contribution in [3.8, 4) is 0 Å². The summed E-state index contributed by atoms with van der Waals surface area (Å²) in [6.07, 6.45) is 12.1. The van der Waals surface area contributed by atoms with Gasteiger partial charge in [-0.2, -0.15) is 0 Å². The maximum atomic E-state index is 11.9. The van der Waals surface area contributed by atoms with Gasteiger partial charge in [-0.1, -0.05) is 26.0 Å². The van der Waals surface area contributed by atoms with Crippen molar-refractivity contribution in [1.29, 1.82) is 0 Å². The Hall–Kier alpha value is -0.830. The zero-order chi connectivity index (χ0) is 15.5. The van der Waals surface area contributed by atoms with E-state index in [-0.39, 0.29) is 17.2 Å². The molecule has 3 N–H and O–H groups in total. The van der Waals surface area contributed by atoms with Crippen LogP contribution in [0, 0.1) is 34.5 Å². The van der Waals surface area contributed by atoms with E-state index in [1.165, 1.54) is 32.1 Å². The maximum Gasteiger partial charge on any atom is 0.221 e. The lowest BCUT2D eigenvalue weighted by Gasteiger charge is -2.59. The minimum Gasteiger partial charge on any atom is -0.369 e. The fourth-order valence-corrected chi connectivity index (χ4v) is 6.94. The number of hydrogen-bond donors (Lipinski definition) is 2. The number of hydrogen-bond acceptors (Lipinski definition) is 2. The summed E-state index contributed by atoms with van der Waals surface area (Å²) in [6.45, 7) is 5.86. The molecular formula is C19H30N2O. The summed E-state index contributed by atoms with van der Waals surface area (Å²) in [5.74, 6) is 2.33. The van der Waals surface area contributed by atoms with Gasteiger partial charge in [-0.05, 0) is 61.7 Å². The number of nitrogens with two attached hydrogens (primary N) is 1. The van der Waals surface area contributed by atoms with Crippen LogP contribution in [0.15, 0.2) is 12.2 Å². The fourth-order valence-electron chi connectivity index (χ4n) is 6.94. The van der Waals surface area contributed by atoms with Gasteiger partial charge in [-0.15, -0.1) is 0 Å². The summed E-state index contributed by atoms with van der Waals surface area (Å²) in [4.78, 5) is 11.9. The van der Waals surface area contributed by atoms with E-state index in [0.717, 1.165) is 24.8 Å². The predicted octanol–water partition coefficient (Wildman–Crippen LogP) is 2.86. The molecule has 0 aromatic rings. The molecule has 4 aliphatic rings. The molecule has 3 nitrogen and oxygen atoms in total. The zero-order valence-corrected chi connectivity index (χ0v) is 14.0. The van der Waals surface area contributed by atoms with E-state index in [1.54, 1.807) is 0 Å². The highest BCUT2D eigenvalue weighted by atomic mass is 16.1. The van der Waals surface area contributed by atoms with Crippen molar-refractivity contribution in [1.82, 2.24) is 5.32 Å². The number of carbonyl (C=O) groups excluding carboxylic acids is 1. The highest BCUT2D eigenvalue weighted by Gasteiger charge is 2.60. The zero-order valence-electron chi connectivity index (χ0n) is 14.0. The summed E-state index contributed by atoms with van der Waals surface area (Å²) in [6, 6.07) is 0.649. The number of fused-ring (bicyclic) bond motifs is 5. The second-order valence-corrected chi connectivity index (χ2v) is 8.76. The molecule has 0 aromatic heterocycles. The predicted molar refractivity (Wildman–Crippen MR) is 88.0 cm³/mol. The lowest BCUT2D eigenvalue weighted by Crippen LogP contribution is -2.58. The minimum absolute atomic E-state index is 0.0532. The highest BCUT2D eigenvalue weighted by Crippen LogP contribution is 2.64. The molecule has 1 aliphatic heterocycles. The van der Waals surface area contributed by atoms with Crippen molar-refractivity contribution >= 4 is 5.91 Å². The summed E-state index contributed by atoms with van der Waals surface area (Å²) in [5, 5.41) is 3.73. The minimum atomic E-state index is -0.0532. The molecule has 0 saturated heterocycles. The van der Waals surface area contributed by atoms with Crippen molar-refractivity contribution in [2.45, 2.75) is 58.4 Å². The Balaban J connectivity index is 1.66. The van der Waals surface area contributed by atoms with Crippen molar-refractivity contribution in [2.24, 2.45) is 40.2 Å². The van der Waals surface area contributed by atoms with Crippen molar-refractivity contribution < 1.29 is 4.79 Å². The molecule has 0 aromatic carbocycles. The van der Waals surface area contributed by atoms with Gasteiger partial charge in [-0.25, -0.2) is 0 Å². The van der Waals surface area contributed by atoms with E-state index in [0.29, 0.717) is 17.4 Å². The normalized spacial score (nSPS) is 53.5. The van der Waals surface area contributed by atoms with Gasteiger partial charge in [0.2, 0.25) is 5.91 Å². The molecule has 0 bridgehead atoms. The molecule has 0 radical (unpaired) electrons. The third kappa shape index (κ3) is 1.81. The molecule has 3 saturated carbocycles. The highest BCUT2D eigenvalue weighted by molar-refractivity contribution is 5.78. The molecule has 1 heterocycles. The van der Waals surface area contributed by atoms with E-state index in [1.807, 2.05) is 0 Å². The molecular weight excluding hydrogens is 272 g/mol.